The van der Waals surface area contributed by atoms with Crippen molar-refractivity contribution in [2.75, 3.05) is 13.2 Å². The Kier molecular flexibility index (Phi) is 4.74. The van der Waals surface area contributed by atoms with Gasteiger partial charge in [-0.3, -0.25) is 4.79 Å². The molecule has 0 atom stereocenters. The Labute approximate surface area is 131 Å². The number of carbonyl (C=O) groups is 1. The Hall–Kier alpha value is -2.29. The highest BCUT2D eigenvalue weighted by atomic mass is 16.5. The van der Waals surface area contributed by atoms with Crippen molar-refractivity contribution in [3.05, 3.63) is 65.2 Å². The molecular weight excluding hydrogens is 274 g/mol. The smallest absolute Gasteiger partial charge is 0.257 e. The van der Waals surface area contributed by atoms with E-state index < -0.39 is 0 Å². The molecule has 3 heteroatoms. The maximum atomic E-state index is 11.8. The van der Waals surface area contributed by atoms with Crippen LogP contribution in [-0.2, 0) is 24.1 Å². The van der Waals surface area contributed by atoms with Gasteiger partial charge in [-0.15, -0.1) is 0 Å². The Morgan fingerprint density at radius 3 is 2.73 bits per heavy atom. The summed E-state index contributed by atoms with van der Waals surface area (Å²) in [5.41, 5.74) is 4.00. The van der Waals surface area contributed by atoms with Crippen molar-refractivity contribution < 1.29 is 9.53 Å². The van der Waals surface area contributed by atoms with E-state index in [-0.39, 0.29) is 12.5 Å². The monoisotopic (exact) mass is 295 g/mol. The predicted octanol–water partition coefficient (Wildman–Crippen LogP) is 2.91. The first-order valence-corrected chi connectivity index (χ1v) is 7.86. The number of aryl methyl sites for hydroxylation is 2. The molecule has 0 unspecified atom stereocenters. The Morgan fingerprint density at radius 2 is 1.86 bits per heavy atom. The van der Waals surface area contributed by atoms with E-state index in [4.69, 9.17) is 4.74 Å². The fourth-order valence-corrected chi connectivity index (χ4v) is 2.83. The second kappa shape index (κ2) is 7.12. The van der Waals surface area contributed by atoms with Gasteiger partial charge >= 0.3 is 0 Å². The van der Waals surface area contributed by atoms with Crippen LogP contribution in [0.1, 0.15) is 23.1 Å². The molecule has 0 bridgehead atoms. The highest BCUT2D eigenvalue weighted by Crippen LogP contribution is 2.25. The standard InChI is InChI=1S/C19H21NO2/c21-19(20-12-11-15-5-2-1-3-6-15)14-22-18-10-9-16-7-4-8-17(16)13-18/h1-3,5-6,9-10,13H,4,7-8,11-12,14H2,(H,20,21). The lowest BCUT2D eigenvalue weighted by Crippen LogP contribution is -2.30. The van der Waals surface area contributed by atoms with Crippen LogP contribution in [0.3, 0.4) is 0 Å². The molecule has 3 nitrogen and oxygen atoms in total. The summed E-state index contributed by atoms with van der Waals surface area (Å²) in [6, 6.07) is 16.3. The molecule has 0 fully saturated rings. The van der Waals surface area contributed by atoms with Gasteiger partial charge in [-0.2, -0.15) is 0 Å². The molecule has 114 valence electrons. The highest BCUT2D eigenvalue weighted by Gasteiger charge is 2.11. The zero-order chi connectivity index (χ0) is 15.2. The number of benzene rings is 2. The average molecular weight is 295 g/mol. The van der Waals surface area contributed by atoms with Crippen molar-refractivity contribution in [3.8, 4) is 5.75 Å². The molecule has 1 N–H and O–H groups in total. The third-order valence-corrected chi connectivity index (χ3v) is 4.02. The van der Waals surface area contributed by atoms with Crippen molar-refractivity contribution >= 4 is 5.91 Å². The van der Waals surface area contributed by atoms with Crippen molar-refractivity contribution in [1.82, 2.24) is 5.32 Å². The first kappa shape index (κ1) is 14.6. The molecule has 0 saturated heterocycles. The zero-order valence-electron chi connectivity index (χ0n) is 12.7. The van der Waals surface area contributed by atoms with Crippen molar-refractivity contribution in [2.24, 2.45) is 0 Å². The summed E-state index contributed by atoms with van der Waals surface area (Å²) >= 11 is 0. The molecular formula is C19H21NO2. The molecule has 1 aliphatic rings. The number of carbonyl (C=O) groups excluding carboxylic acids is 1. The van der Waals surface area contributed by atoms with Crippen LogP contribution >= 0.6 is 0 Å². The molecule has 3 rings (SSSR count). The minimum atomic E-state index is -0.0728. The minimum Gasteiger partial charge on any atom is -0.484 e. The summed E-state index contributed by atoms with van der Waals surface area (Å²) in [5.74, 6) is 0.718. The maximum Gasteiger partial charge on any atom is 0.257 e. The number of hydrogen-bond donors (Lipinski definition) is 1. The number of rotatable bonds is 6. The van der Waals surface area contributed by atoms with Gasteiger partial charge in [0.05, 0.1) is 0 Å². The van der Waals surface area contributed by atoms with E-state index in [2.05, 4.69) is 29.6 Å². The zero-order valence-corrected chi connectivity index (χ0v) is 12.7. The van der Waals surface area contributed by atoms with E-state index in [1.807, 2.05) is 24.3 Å². The molecule has 0 heterocycles. The first-order chi connectivity index (χ1) is 10.8. The minimum absolute atomic E-state index is 0.0728. The second-order valence-electron chi connectivity index (χ2n) is 5.66. The van der Waals surface area contributed by atoms with Crippen LogP contribution in [0.4, 0.5) is 0 Å². The fraction of sp³-hybridized carbons (Fsp3) is 0.316. The van der Waals surface area contributed by atoms with E-state index in [1.54, 1.807) is 0 Å². The Balaban J connectivity index is 1.41. The summed E-state index contributed by atoms with van der Waals surface area (Å²) in [7, 11) is 0. The normalized spacial score (nSPS) is 12.7. The number of amides is 1. The molecule has 0 spiro atoms. The molecule has 0 saturated carbocycles. The average Bonchev–Trinajstić information content (AvgIpc) is 3.01. The first-order valence-electron chi connectivity index (χ1n) is 7.86. The van der Waals surface area contributed by atoms with Crippen LogP contribution in [0.15, 0.2) is 48.5 Å². The van der Waals surface area contributed by atoms with Crippen molar-refractivity contribution in [3.63, 3.8) is 0 Å². The van der Waals surface area contributed by atoms with E-state index in [0.29, 0.717) is 6.54 Å². The highest BCUT2D eigenvalue weighted by molar-refractivity contribution is 5.77. The lowest BCUT2D eigenvalue weighted by Gasteiger charge is -2.09. The number of ether oxygens (including phenoxy) is 1. The quantitative estimate of drug-likeness (QED) is 0.890. The largest absolute Gasteiger partial charge is 0.484 e. The van der Waals surface area contributed by atoms with E-state index >= 15 is 0 Å². The molecule has 0 radical (unpaired) electrons. The molecule has 22 heavy (non-hydrogen) atoms. The van der Waals surface area contributed by atoms with Crippen LogP contribution < -0.4 is 10.1 Å². The van der Waals surface area contributed by atoms with Gasteiger partial charge in [0.1, 0.15) is 5.75 Å². The van der Waals surface area contributed by atoms with Crippen LogP contribution in [0.25, 0.3) is 0 Å². The van der Waals surface area contributed by atoms with Gasteiger partial charge in [-0.1, -0.05) is 36.4 Å². The van der Waals surface area contributed by atoms with Gasteiger partial charge in [0.15, 0.2) is 6.61 Å². The number of nitrogens with one attached hydrogen (secondary N) is 1. The molecule has 2 aromatic carbocycles. The topological polar surface area (TPSA) is 38.3 Å². The SMILES string of the molecule is O=C(COc1ccc2c(c1)CCC2)NCCc1ccccc1. The molecule has 1 amide bonds. The third-order valence-electron chi connectivity index (χ3n) is 4.02. The van der Waals surface area contributed by atoms with Crippen LogP contribution in [-0.4, -0.2) is 19.1 Å². The Bertz CT molecular complexity index is 637. The second-order valence-corrected chi connectivity index (χ2v) is 5.66. The molecule has 0 aliphatic heterocycles. The predicted molar refractivity (Wildman–Crippen MR) is 87.1 cm³/mol. The van der Waals surface area contributed by atoms with E-state index in [9.17, 15) is 4.79 Å². The molecule has 2 aromatic rings. The van der Waals surface area contributed by atoms with Crippen LogP contribution in [0, 0.1) is 0 Å². The van der Waals surface area contributed by atoms with Crippen molar-refractivity contribution in [1.29, 1.82) is 0 Å². The summed E-state index contributed by atoms with van der Waals surface area (Å²) in [5, 5.41) is 2.89. The molecule has 0 aromatic heterocycles. The number of hydrogen-bond acceptors (Lipinski definition) is 2. The van der Waals surface area contributed by atoms with Gasteiger partial charge < -0.3 is 10.1 Å². The summed E-state index contributed by atoms with van der Waals surface area (Å²) in [6.45, 7) is 0.712. The lowest BCUT2D eigenvalue weighted by atomic mass is 10.1. The maximum absolute atomic E-state index is 11.8. The van der Waals surface area contributed by atoms with Crippen LogP contribution in [0.5, 0.6) is 5.75 Å². The van der Waals surface area contributed by atoms with Gasteiger partial charge in [0.25, 0.3) is 5.91 Å². The summed E-state index contributed by atoms with van der Waals surface area (Å²) in [4.78, 5) is 11.8. The van der Waals surface area contributed by atoms with Gasteiger partial charge in [-0.25, -0.2) is 0 Å². The molecule has 1 aliphatic carbocycles. The van der Waals surface area contributed by atoms with E-state index in [0.717, 1.165) is 25.0 Å². The van der Waals surface area contributed by atoms with Gasteiger partial charge in [0, 0.05) is 6.54 Å². The lowest BCUT2D eigenvalue weighted by molar-refractivity contribution is -0.123. The van der Waals surface area contributed by atoms with Gasteiger partial charge in [0.2, 0.25) is 0 Å². The number of fused-ring (bicyclic) bond motifs is 1. The van der Waals surface area contributed by atoms with Crippen LogP contribution in [0.2, 0.25) is 0 Å². The fourth-order valence-electron chi connectivity index (χ4n) is 2.83. The third kappa shape index (κ3) is 3.88. The summed E-state index contributed by atoms with van der Waals surface area (Å²) < 4.78 is 5.58. The van der Waals surface area contributed by atoms with Crippen molar-refractivity contribution in [2.45, 2.75) is 25.7 Å². The Morgan fingerprint density at radius 1 is 1.05 bits per heavy atom. The van der Waals surface area contributed by atoms with Gasteiger partial charge in [-0.05, 0) is 54.5 Å². The summed E-state index contributed by atoms with van der Waals surface area (Å²) in [6.07, 6.45) is 4.34. The van der Waals surface area contributed by atoms with E-state index in [1.165, 1.54) is 23.1 Å².